The summed E-state index contributed by atoms with van der Waals surface area (Å²) in [5.74, 6) is 0.346. The van der Waals surface area contributed by atoms with Gasteiger partial charge in [-0.2, -0.15) is 0 Å². The fourth-order valence-corrected chi connectivity index (χ4v) is 6.16. The number of carbonyl (C=O) groups is 1. The average molecular weight is 517 g/mol. The minimum atomic E-state index is -0.382. The molecule has 0 fully saturated rings. The molecule has 2 rings (SSSR count). The van der Waals surface area contributed by atoms with E-state index in [4.69, 9.17) is 9.47 Å². The maximum absolute atomic E-state index is 11.6. The Bertz CT molecular complexity index is 1000. The number of carbonyl (C=O) groups excluding carboxylic acids is 1. The fourth-order valence-electron chi connectivity index (χ4n) is 3.59. The van der Waals surface area contributed by atoms with Crippen LogP contribution in [0.5, 0.6) is 5.75 Å². The van der Waals surface area contributed by atoms with E-state index in [9.17, 15) is 4.79 Å². The maximum atomic E-state index is 11.6. The minimum absolute atomic E-state index is 0.0881. The molecule has 5 heteroatoms. The highest BCUT2D eigenvalue weighted by Crippen LogP contribution is 2.47. The molecule has 0 atom stereocenters. The SMILES string of the molecule is COC(=O)COc1ccc(SC(C)(C)Sc2cc(C(C)(C)C)cc(C(C)(C)C)c2)cc1C(C)(C)C. The first-order valence-corrected chi connectivity index (χ1v) is 13.8. The van der Waals surface area contributed by atoms with Crippen molar-refractivity contribution in [3.05, 3.63) is 53.1 Å². The van der Waals surface area contributed by atoms with Gasteiger partial charge in [-0.05, 0) is 71.6 Å². The fraction of sp³-hybridized carbons (Fsp3) is 0.567. The Kier molecular flexibility index (Phi) is 9.15. The summed E-state index contributed by atoms with van der Waals surface area (Å²) < 4.78 is 10.4. The zero-order chi connectivity index (χ0) is 26.8. The van der Waals surface area contributed by atoms with Crippen molar-refractivity contribution in [2.75, 3.05) is 13.7 Å². The molecule has 0 spiro atoms. The first kappa shape index (κ1) is 29.6. The molecule has 0 aliphatic carbocycles. The number of methoxy groups -OCH3 is 1. The summed E-state index contributed by atoms with van der Waals surface area (Å²) in [5, 5.41) is 0. The van der Waals surface area contributed by atoms with Crippen LogP contribution in [0.25, 0.3) is 0 Å². The summed E-state index contributed by atoms with van der Waals surface area (Å²) in [5.41, 5.74) is 3.88. The number of thioether (sulfide) groups is 2. The number of hydrogen-bond donors (Lipinski definition) is 0. The second kappa shape index (κ2) is 10.8. The summed E-state index contributed by atoms with van der Waals surface area (Å²) in [6, 6.07) is 13.3. The summed E-state index contributed by atoms with van der Waals surface area (Å²) >= 11 is 3.76. The molecule has 0 amide bonds. The van der Waals surface area contributed by atoms with Crippen LogP contribution < -0.4 is 4.74 Å². The van der Waals surface area contributed by atoms with Crippen LogP contribution in [0.15, 0.2) is 46.2 Å². The van der Waals surface area contributed by atoms with E-state index in [2.05, 4.69) is 106 Å². The second-order valence-electron chi connectivity index (χ2n) is 12.6. The molecule has 0 heterocycles. The molecule has 2 aromatic rings. The Balaban J connectivity index is 2.36. The van der Waals surface area contributed by atoms with Crippen LogP contribution in [0, 0.1) is 0 Å². The molecule has 194 valence electrons. The predicted octanol–water partition coefficient (Wildman–Crippen LogP) is 8.75. The Morgan fingerprint density at radius 3 is 1.69 bits per heavy atom. The molecular formula is C30H44O3S2. The van der Waals surface area contributed by atoms with Gasteiger partial charge >= 0.3 is 5.97 Å². The smallest absolute Gasteiger partial charge is 0.343 e. The number of hydrogen-bond acceptors (Lipinski definition) is 5. The highest BCUT2D eigenvalue weighted by Gasteiger charge is 2.27. The quantitative estimate of drug-likeness (QED) is 0.209. The summed E-state index contributed by atoms with van der Waals surface area (Å²) in [6.07, 6.45) is 0. The number of esters is 1. The summed E-state index contributed by atoms with van der Waals surface area (Å²) in [4.78, 5) is 14.1. The first-order valence-electron chi connectivity index (χ1n) is 12.2. The van der Waals surface area contributed by atoms with Crippen molar-refractivity contribution in [3.8, 4) is 5.75 Å². The lowest BCUT2D eigenvalue weighted by molar-refractivity contribution is -0.142. The van der Waals surface area contributed by atoms with Crippen molar-refractivity contribution in [1.82, 2.24) is 0 Å². The van der Waals surface area contributed by atoms with Crippen LogP contribution in [-0.2, 0) is 25.8 Å². The van der Waals surface area contributed by atoms with E-state index in [-0.39, 0.29) is 32.9 Å². The van der Waals surface area contributed by atoms with Gasteiger partial charge in [0.2, 0.25) is 0 Å². The number of benzene rings is 2. The van der Waals surface area contributed by atoms with Crippen molar-refractivity contribution >= 4 is 29.5 Å². The lowest BCUT2D eigenvalue weighted by Gasteiger charge is -2.29. The van der Waals surface area contributed by atoms with Gasteiger partial charge < -0.3 is 9.47 Å². The Morgan fingerprint density at radius 1 is 0.714 bits per heavy atom. The highest BCUT2D eigenvalue weighted by atomic mass is 32.2. The number of ether oxygens (including phenoxy) is 2. The van der Waals surface area contributed by atoms with Crippen LogP contribution in [0.2, 0.25) is 0 Å². The highest BCUT2D eigenvalue weighted by molar-refractivity contribution is 8.18. The molecule has 3 nitrogen and oxygen atoms in total. The Hall–Kier alpha value is -1.59. The van der Waals surface area contributed by atoms with E-state index in [0.29, 0.717) is 0 Å². The van der Waals surface area contributed by atoms with Crippen molar-refractivity contribution < 1.29 is 14.3 Å². The molecule has 0 aliphatic rings. The van der Waals surface area contributed by atoms with Gasteiger partial charge in [-0.3, -0.25) is 0 Å². The molecule has 0 unspecified atom stereocenters. The largest absolute Gasteiger partial charge is 0.482 e. The van der Waals surface area contributed by atoms with E-state index in [1.54, 1.807) is 0 Å². The van der Waals surface area contributed by atoms with Crippen LogP contribution in [0.4, 0.5) is 0 Å². The first-order chi connectivity index (χ1) is 15.8. The third-order valence-electron chi connectivity index (χ3n) is 5.70. The van der Waals surface area contributed by atoms with Gasteiger partial charge in [0.25, 0.3) is 0 Å². The van der Waals surface area contributed by atoms with Gasteiger partial charge in [0.1, 0.15) is 5.75 Å². The lowest BCUT2D eigenvalue weighted by Crippen LogP contribution is -2.18. The van der Waals surface area contributed by atoms with E-state index < -0.39 is 0 Å². The van der Waals surface area contributed by atoms with Crippen molar-refractivity contribution in [2.45, 2.75) is 106 Å². The molecule has 35 heavy (non-hydrogen) atoms. The van der Waals surface area contributed by atoms with Crippen LogP contribution in [-0.4, -0.2) is 23.8 Å². The average Bonchev–Trinajstić information content (AvgIpc) is 2.69. The monoisotopic (exact) mass is 516 g/mol. The third kappa shape index (κ3) is 8.78. The van der Waals surface area contributed by atoms with E-state index in [1.165, 1.54) is 28.0 Å². The molecule has 0 aromatic heterocycles. The van der Waals surface area contributed by atoms with Gasteiger partial charge in [-0.15, -0.1) is 23.5 Å². The minimum Gasteiger partial charge on any atom is -0.482 e. The van der Waals surface area contributed by atoms with Crippen molar-refractivity contribution in [2.24, 2.45) is 0 Å². The molecule has 0 saturated carbocycles. The topological polar surface area (TPSA) is 35.5 Å². The van der Waals surface area contributed by atoms with Gasteiger partial charge in [0, 0.05) is 15.4 Å². The van der Waals surface area contributed by atoms with E-state index in [0.717, 1.165) is 11.3 Å². The molecule has 0 saturated heterocycles. The third-order valence-corrected chi connectivity index (χ3v) is 8.14. The summed E-state index contributed by atoms with van der Waals surface area (Å²) in [7, 11) is 1.37. The molecule has 0 N–H and O–H groups in total. The normalized spacial score (nSPS) is 13.0. The zero-order valence-corrected chi connectivity index (χ0v) is 25.3. The van der Waals surface area contributed by atoms with Gasteiger partial charge in [-0.25, -0.2) is 4.79 Å². The Labute approximate surface area is 222 Å². The van der Waals surface area contributed by atoms with E-state index >= 15 is 0 Å². The van der Waals surface area contributed by atoms with Crippen molar-refractivity contribution in [3.63, 3.8) is 0 Å². The van der Waals surface area contributed by atoms with Gasteiger partial charge in [0.15, 0.2) is 6.61 Å². The Morgan fingerprint density at radius 2 is 1.23 bits per heavy atom. The lowest BCUT2D eigenvalue weighted by atomic mass is 9.81. The maximum Gasteiger partial charge on any atom is 0.343 e. The molecule has 2 aromatic carbocycles. The standard InChI is InChI=1S/C30H44O3S2/c1-27(2,3)20-15-21(28(4,5)6)17-23(16-20)35-30(10,11)34-22-13-14-25(33-19-26(31)32-12)24(18-22)29(7,8)9/h13-18H,19H2,1-12H3. The number of rotatable bonds is 7. The van der Waals surface area contributed by atoms with Crippen LogP contribution in [0.3, 0.4) is 0 Å². The molecule has 0 radical (unpaired) electrons. The molecule has 0 bridgehead atoms. The molecular weight excluding hydrogens is 472 g/mol. The zero-order valence-electron chi connectivity index (χ0n) is 23.7. The van der Waals surface area contributed by atoms with Gasteiger partial charge in [0.05, 0.1) is 11.2 Å². The predicted molar refractivity (Wildman–Crippen MR) is 152 cm³/mol. The van der Waals surface area contributed by atoms with Gasteiger partial charge in [-0.1, -0.05) is 68.4 Å². The van der Waals surface area contributed by atoms with Crippen molar-refractivity contribution in [1.29, 1.82) is 0 Å². The molecule has 0 aliphatic heterocycles. The van der Waals surface area contributed by atoms with Crippen LogP contribution in [0.1, 0.15) is 92.9 Å². The second-order valence-corrected chi connectivity index (χ2v) is 16.3. The van der Waals surface area contributed by atoms with Crippen LogP contribution >= 0.6 is 23.5 Å². The van der Waals surface area contributed by atoms with E-state index in [1.807, 2.05) is 29.6 Å². The summed E-state index contributed by atoms with van der Waals surface area (Å²) in [6.45, 7) is 24.6.